The molecule has 32 heavy (non-hydrogen) atoms. The van der Waals surface area contributed by atoms with Crippen molar-refractivity contribution in [3.63, 3.8) is 0 Å². The third-order valence-electron chi connectivity index (χ3n) is 5.05. The zero-order valence-electron chi connectivity index (χ0n) is 17.0. The van der Waals surface area contributed by atoms with Gasteiger partial charge in [-0.15, -0.1) is 5.48 Å². The van der Waals surface area contributed by atoms with Gasteiger partial charge < -0.3 is 35.4 Å². The molecule has 1 aromatic carbocycles. The monoisotopic (exact) mass is 446 g/mol. The van der Waals surface area contributed by atoms with E-state index in [1.807, 2.05) is 18.2 Å². The van der Waals surface area contributed by atoms with Crippen LogP contribution in [0.15, 0.2) is 36.7 Å². The molecule has 0 aliphatic carbocycles. The van der Waals surface area contributed by atoms with Crippen molar-refractivity contribution in [2.45, 2.75) is 37.6 Å². The molecule has 1 fully saturated rings. The third kappa shape index (κ3) is 4.01. The Morgan fingerprint density at radius 3 is 2.78 bits per heavy atom. The molecule has 1 saturated heterocycles. The number of carbonyl (C=O) groups excluding carboxylic acids is 1. The van der Waals surface area contributed by atoms with Gasteiger partial charge >= 0.3 is 12.1 Å². The minimum atomic E-state index is -1.76. The van der Waals surface area contributed by atoms with Crippen LogP contribution in [0.5, 0.6) is 6.01 Å². The Morgan fingerprint density at radius 2 is 2.09 bits per heavy atom. The van der Waals surface area contributed by atoms with Crippen LogP contribution in [0.1, 0.15) is 18.7 Å². The summed E-state index contributed by atoms with van der Waals surface area (Å²) in [7, 11) is 0. The topological polar surface area (TPSA) is 187 Å². The largest absolute Gasteiger partial charge is 0.443 e. The lowest BCUT2D eigenvalue weighted by Crippen LogP contribution is -2.44. The number of aliphatic hydroxyl groups is 3. The predicted molar refractivity (Wildman–Crippen MR) is 108 cm³/mol. The van der Waals surface area contributed by atoms with Gasteiger partial charge in [-0.1, -0.05) is 30.3 Å². The van der Waals surface area contributed by atoms with Crippen LogP contribution in [-0.4, -0.2) is 65.3 Å². The maximum Gasteiger partial charge on any atom is 0.441 e. The summed E-state index contributed by atoms with van der Waals surface area (Å²) in [4.78, 5) is 29.2. The average Bonchev–Trinajstić information content (AvgIpc) is 3.30. The van der Waals surface area contributed by atoms with E-state index in [4.69, 9.17) is 20.0 Å². The molecule has 6 N–H and O–H groups in total. The highest BCUT2D eigenvalue weighted by Gasteiger charge is 2.53. The highest BCUT2D eigenvalue weighted by atomic mass is 16.7. The second kappa shape index (κ2) is 8.55. The van der Waals surface area contributed by atoms with Crippen molar-refractivity contribution in [2.24, 2.45) is 0 Å². The molecule has 13 heteroatoms. The van der Waals surface area contributed by atoms with Crippen LogP contribution in [0.2, 0.25) is 0 Å². The van der Waals surface area contributed by atoms with E-state index in [1.165, 1.54) is 17.8 Å². The number of carbonyl (C=O) groups is 1. The van der Waals surface area contributed by atoms with Crippen molar-refractivity contribution in [2.75, 3.05) is 12.3 Å². The molecular formula is C19H22N6O7. The van der Waals surface area contributed by atoms with Gasteiger partial charge in [0.05, 0.1) is 12.9 Å². The number of nitrogens with one attached hydrogen (secondary N) is 1. The number of imidazole rings is 1. The normalized spacial score (nSPS) is 25.1. The summed E-state index contributed by atoms with van der Waals surface area (Å²) in [6.45, 7) is 0.893. The van der Waals surface area contributed by atoms with Crippen LogP contribution < -0.4 is 16.1 Å². The fourth-order valence-electron chi connectivity index (χ4n) is 3.36. The number of aromatic nitrogens is 4. The molecule has 4 atom stereocenters. The minimum Gasteiger partial charge on any atom is -0.443 e. The summed E-state index contributed by atoms with van der Waals surface area (Å²) in [5.74, 6) is -0.0555. The summed E-state index contributed by atoms with van der Waals surface area (Å²) in [5, 5.41) is 30.3. The molecule has 3 heterocycles. The lowest BCUT2D eigenvalue weighted by atomic mass is 9.96. The Balaban J connectivity index is 1.50. The molecular weight excluding hydrogens is 424 g/mol. The number of nitrogens with two attached hydrogens (primary N) is 1. The minimum absolute atomic E-state index is 0.0350. The molecule has 0 bridgehead atoms. The predicted octanol–water partition coefficient (Wildman–Crippen LogP) is -0.370. The van der Waals surface area contributed by atoms with Gasteiger partial charge in [0.1, 0.15) is 24.4 Å². The lowest BCUT2D eigenvalue weighted by Gasteiger charge is -2.27. The number of hydrogen-bond acceptors (Lipinski definition) is 11. The summed E-state index contributed by atoms with van der Waals surface area (Å²) in [6, 6.07) is 8.75. The number of fused-ring (bicyclic) bond motifs is 1. The molecule has 1 amide bonds. The summed E-state index contributed by atoms with van der Waals surface area (Å²) in [6.07, 6.45) is -3.08. The van der Waals surface area contributed by atoms with Crippen LogP contribution in [0.3, 0.4) is 0 Å². The number of nitrogens with zero attached hydrogens (tertiary/aromatic N) is 4. The van der Waals surface area contributed by atoms with Gasteiger partial charge in [-0.05, 0) is 12.5 Å². The number of nitrogen functional groups attached to an aromatic ring is 1. The Kier molecular flexibility index (Phi) is 5.80. The van der Waals surface area contributed by atoms with Gasteiger partial charge in [-0.25, -0.2) is 9.78 Å². The van der Waals surface area contributed by atoms with E-state index >= 15 is 0 Å². The zero-order chi connectivity index (χ0) is 22.9. The van der Waals surface area contributed by atoms with Gasteiger partial charge in [0.15, 0.2) is 23.2 Å². The smallest absolute Gasteiger partial charge is 0.441 e. The van der Waals surface area contributed by atoms with Crippen LogP contribution in [0.25, 0.3) is 11.2 Å². The van der Waals surface area contributed by atoms with Crippen LogP contribution in [0, 0.1) is 0 Å². The number of ether oxygens (including phenoxy) is 2. The second-order valence-electron chi connectivity index (χ2n) is 7.36. The highest BCUT2D eigenvalue weighted by Crippen LogP contribution is 2.39. The maximum absolute atomic E-state index is 11.9. The van der Waals surface area contributed by atoms with Gasteiger partial charge in [0.25, 0.3) is 0 Å². The van der Waals surface area contributed by atoms with Gasteiger partial charge in [-0.2, -0.15) is 9.97 Å². The molecule has 4 rings (SSSR count). The van der Waals surface area contributed by atoms with E-state index < -0.39 is 36.7 Å². The van der Waals surface area contributed by atoms with Crippen molar-refractivity contribution in [3.05, 3.63) is 42.2 Å². The Bertz CT molecular complexity index is 1110. The molecule has 13 nitrogen and oxygen atoms in total. The third-order valence-corrected chi connectivity index (χ3v) is 5.05. The molecule has 2 aromatic heterocycles. The van der Waals surface area contributed by atoms with Crippen molar-refractivity contribution >= 4 is 23.1 Å². The van der Waals surface area contributed by atoms with E-state index in [0.29, 0.717) is 0 Å². The molecule has 170 valence electrons. The van der Waals surface area contributed by atoms with Crippen molar-refractivity contribution < 1.29 is 34.4 Å². The van der Waals surface area contributed by atoms with Crippen molar-refractivity contribution in [1.29, 1.82) is 0 Å². The molecule has 0 radical (unpaired) electrons. The molecule has 1 aliphatic rings. The first-order valence-corrected chi connectivity index (χ1v) is 9.61. The molecule has 0 unspecified atom stereocenters. The van der Waals surface area contributed by atoms with Gasteiger partial charge in [-0.3, -0.25) is 4.57 Å². The highest BCUT2D eigenvalue weighted by molar-refractivity contribution is 5.82. The number of benzene rings is 1. The quantitative estimate of drug-likeness (QED) is 0.311. The SMILES string of the molecule is C[C@@]1(O)[C@H](O)[C@@H](CO)O[C@H]1n1cnc2c(N)nc(ONC(=O)OCc3ccccc3)nc21. The number of anilines is 1. The number of aliphatic hydroxyl groups excluding tert-OH is 2. The Morgan fingerprint density at radius 1 is 1.34 bits per heavy atom. The van der Waals surface area contributed by atoms with E-state index in [2.05, 4.69) is 20.4 Å². The van der Waals surface area contributed by atoms with Crippen LogP contribution in [-0.2, 0) is 16.1 Å². The fourth-order valence-corrected chi connectivity index (χ4v) is 3.36. The number of hydrogen-bond donors (Lipinski definition) is 5. The van der Waals surface area contributed by atoms with Gasteiger partial charge in [0, 0.05) is 0 Å². The van der Waals surface area contributed by atoms with Crippen LogP contribution >= 0.6 is 0 Å². The van der Waals surface area contributed by atoms with E-state index in [0.717, 1.165) is 5.56 Å². The van der Waals surface area contributed by atoms with E-state index in [9.17, 15) is 20.1 Å². The molecule has 0 saturated carbocycles. The lowest BCUT2D eigenvalue weighted by molar-refractivity contribution is -0.0950. The fraction of sp³-hybridized carbons (Fsp3) is 0.368. The number of amides is 1. The van der Waals surface area contributed by atoms with Gasteiger partial charge in [0.2, 0.25) is 0 Å². The summed E-state index contributed by atoms with van der Waals surface area (Å²) in [5.41, 5.74) is 7.30. The first-order valence-electron chi connectivity index (χ1n) is 9.61. The first-order chi connectivity index (χ1) is 15.3. The van der Waals surface area contributed by atoms with E-state index in [-0.39, 0.29) is 29.6 Å². The summed E-state index contributed by atoms with van der Waals surface area (Å²) < 4.78 is 11.9. The van der Waals surface area contributed by atoms with Crippen molar-refractivity contribution in [3.8, 4) is 6.01 Å². The standard InChI is InChI=1S/C19H22N6O7/c1-19(29)13(27)11(7-26)31-16(19)25-9-21-12-14(20)22-17(23-15(12)25)32-24-18(28)30-8-10-5-3-2-4-6-10/h2-6,9,11,13,16,26-27,29H,7-8H2,1H3,(H,24,28)(H2,20,22,23)/t11-,13-,16-,19-/m1/s1. The zero-order valence-corrected chi connectivity index (χ0v) is 17.0. The Hall–Kier alpha value is -3.52. The molecule has 1 aliphatic heterocycles. The summed E-state index contributed by atoms with van der Waals surface area (Å²) >= 11 is 0. The molecule has 3 aromatic rings. The maximum atomic E-state index is 11.9. The van der Waals surface area contributed by atoms with E-state index in [1.54, 1.807) is 12.1 Å². The average molecular weight is 446 g/mol. The van der Waals surface area contributed by atoms with Crippen LogP contribution in [0.4, 0.5) is 10.6 Å². The number of rotatable bonds is 6. The van der Waals surface area contributed by atoms with Crippen molar-refractivity contribution in [1.82, 2.24) is 25.0 Å². The first kappa shape index (κ1) is 21.7. The number of hydroxylamine groups is 1. The second-order valence-corrected chi connectivity index (χ2v) is 7.36. The molecule has 0 spiro atoms. The Labute approximate surface area is 181 Å².